The minimum absolute atomic E-state index is 0.0451. The molecule has 1 saturated heterocycles. The number of pyridine rings is 1. The number of nitrogens with zero attached hydrogens (tertiary/aromatic N) is 3. The Morgan fingerprint density at radius 3 is 2.43 bits per heavy atom. The molecule has 0 spiro atoms. The Bertz CT molecular complexity index is 1490. The highest BCUT2D eigenvalue weighted by Gasteiger charge is 2.58. The largest absolute Gasteiger partial charge is 0.304 e. The molecule has 0 bridgehead atoms. The fourth-order valence-corrected chi connectivity index (χ4v) is 6.16. The molecule has 2 aromatic carbocycles. The van der Waals surface area contributed by atoms with Crippen molar-refractivity contribution in [1.82, 2.24) is 14.1 Å². The van der Waals surface area contributed by atoms with E-state index in [-0.39, 0.29) is 30.1 Å². The molecular weight excluding hydrogens is 467 g/mol. The van der Waals surface area contributed by atoms with Crippen LogP contribution in [0.1, 0.15) is 30.9 Å². The van der Waals surface area contributed by atoms with E-state index < -0.39 is 16.4 Å². The molecule has 2 aromatic heterocycles. The number of carbonyl (C=O) groups is 1. The van der Waals surface area contributed by atoms with Gasteiger partial charge in [-0.2, -0.15) is 0 Å². The van der Waals surface area contributed by atoms with E-state index in [1.807, 2.05) is 53.1 Å². The maximum Gasteiger partial charge on any atom is 0.228 e. The number of rotatable bonds is 6. The summed E-state index contributed by atoms with van der Waals surface area (Å²) in [4.78, 5) is 19.7. The fourth-order valence-electron chi connectivity index (χ4n) is 5.41. The van der Waals surface area contributed by atoms with Crippen molar-refractivity contribution in [3.63, 3.8) is 0 Å². The molecule has 0 unspecified atom stereocenters. The number of fused-ring (bicyclic) bond motifs is 1. The van der Waals surface area contributed by atoms with Gasteiger partial charge in [0.15, 0.2) is 0 Å². The lowest BCUT2D eigenvalue weighted by Gasteiger charge is -2.32. The van der Waals surface area contributed by atoms with Crippen molar-refractivity contribution in [2.24, 2.45) is 5.92 Å². The van der Waals surface area contributed by atoms with E-state index in [9.17, 15) is 17.6 Å². The summed E-state index contributed by atoms with van der Waals surface area (Å²) in [5, 5.41) is 0. The van der Waals surface area contributed by atoms with E-state index >= 15 is 0 Å². The first-order valence-corrected chi connectivity index (χ1v) is 12.6. The van der Waals surface area contributed by atoms with Crippen LogP contribution in [0.3, 0.4) is 0 Å². The van der Waals surface area contributed by atoms with Crippen LogP contribution in [0, 0.1) is 11.7 Å². The second-order valence-corrected chi connectivity index (χ2v) is 9.97. The maximum atomic E-state index is 13.4. The number of hydrogen-bond donors (Lipinski definition) is 2. The monoisotopic (exact) mass is 490 g/mol. The third kappa shape index (κ3) is 3.81. The SMILES string of the molecule is O=C1C[C@H](C2(N[SH](=O)=O)CC2)[C@H](c2ccccc2)N1c1ccc2c(-c3ccc(F)cc3)ncn2c1. The summed E-state index contributed by atoms with van der Waals surface area (Å²) >= 11 is 0. The molecule has 1 saturated carbocycles. The molecule has 0 radical (unpaired) electrons. The van der Waals surface area contributed by atoms with Crippen molar-refractivity contribution in [1.29, 1.82) is 0 Å². The Labute approximate surface area is 203 Å². The van der Waals surface area contributed by atoms with Crippen LogP contribution in [0.5, 0.6) is 0 Å². The van der Waals surface area contributed by atoms with Gasteiger partial charge in [0.05, 0.1) is 22.9 Å². The fraction of sp³-hybridized carbons (Fsp3) is 0.231. The zero-order chi connectivity index (χ0) is 24.2. The van der Waals surface area contributed by atoms with Crippen molar-refractivity contribution in [2.45, 2.75) is 30.8 Å². The zero-order valence-corrected chi connectivity index (χ0v) is 19.6. The highest BCUT2D eigenvalue weighted by atomic mass is 32.2. The number of hydrogen-bond acceptors (Lipinski definition) is 4. The first-order chi connectivity index (χ1) is 16.9. The minimum atomic E-state index is -2.77. The van der Waals surface area contributed by atoms with Crippen LogP contribution in [0.25, 0.3) is 16.8 Å². The van der Waals surface area contributed by atoms with Crippen LogP contribution in [0.2, 0.25) is 0 Å². The summed E-state index contributed by atoms with van der Waals surface area (Å²) in [6.45, 7) is 0. The van der Waals surface area contributed by atoms with Gasteiger partial charge in [-0.15, -0.1) is 0 Å². The minimum Gasteiger partial charge on any atom is -0.304 e. The van der Waals surface area contributed by atoms with Crippen LogP contribution in [-0.2, 0) is 15.7 Å². The number of anilines is 1. The topological polar surface area (TPSA) is 83.8 Å². The van der Waals surface area contributed by atoms with E-state index in [1.165, 1.54) is 12.1 Å². The number of halogens is 1. The first kappa shape index (κ1) is 21.9. The van der Waals surface area contributed by atoms with Crippen molar-refractivity contribution in [3.05, 3.63) is 90.6 Å². The van der Waals surface area contributed by atoms with Crippen LogP contribution in [0.15, 0.2) is 79.3 Å². The molecule has 9 heteroatoms. The molecule has 7 nitrogen and oxygen atoms in total. The van der Waals surface area contributed by atoms with E-state index in [0.717, 1.165) is 22.3 Å². The zero-order valence-electron chi connectivity index (χ0n) is 18.7. The molecule has 1 N–H and O–H groups in total. The van der Waals surface area contributed by atoms with E-state index in [0.29, 0.717) is 18.5 Å². The molecule has 1 aliphatic heterocycles. The summed E-state index contributed by atoms with van der Waals surface area (Å²) in [6, 6.07) is 19.4. The van der Waals surface area contributed by atoms with Gasteiger partial charge in [-0.25, -0.2) is 22.5 Å². The summed E-state index contributed by atoms with van der Waals surface area (Å²) in [5.74, 6) is -0.534. The quantitative estimate of drug-likeness (QED) is 0.402. The molecule has 178 valence electrons. The Hall–Kier alpha value is -3.56. The van der Waals surface area contributed by atoms with Crippen molar-refractivity contribution < 1.29 is 17.6 Å². The molecule has 3 heterocycles. The van der Waals surface area contributed by atoms with Crippen LogP contribution < -0.4 is 9.62 Å². The number of benzene rings is 2. The third-order valence-corrected chi connectivity index (χ3v) is 7.82. The molecule has 6 rings (SSSR count). The average molecular weight is 491 g/mol. The number of carbonyl (C=O) groups excluding carboxylic acids is 1. The lowest BCUT2D eigenvalue weighted by molar-refractivity contribution is -0.117. The van der Waals surface area contributed by atoms with Gasteiger partial charge in [-0.3, -0.25) is 4.79 Å². The maximum absolute atomic E-state index is 13.4. The van der Waals surface area contributed by atoms with Gasteiger partial charge in [0.2, 0.25) is 16.8 Å². The summed E-state index contributed by atoms with van der Waals surface area (Å²) in [6.07, 6.45) is 5.24. The highest BCUT2D eigenvalue weighted by Crippen LogP contribution is 2.54. The van der Waals surface area contributed by atoms with Gasteiger partial charge in [0.25, 0.3) is 0 Å². The van der Waals surface area contributed by atoms with Gasteiger partial charge in [0, 0.05) is 29.6 Å². The van der Waals surface area contributed by atoms with E-state index in [1.54, 1.807) is 23.4 Å². The number of aromatic nitrogens is 2. The first-order valence-electron chi connectivity index (χ1n) is 11.5. The van der Waals surface area contributed by atoms with Crippen molar-refractivity contribution in [2.75, 3.05) is 4.90 Å². The number of nitrogens with one attached hydrogen (secondary N) is 1. The lowest BCUT2D eigenvalue weighted by atomic mass is 9.86. The smallest absolute Gasteiger partial charge is 0.228 e. The summed E-state index contributed by atoms with van der Waals surface area (Å²) in [5.41, 5.74) is 3.45. The Balaban J connectivity index is 1.42. The van der Waals surface area contributed by atoms with Gasteiger partial charge in [-0.1, -0.05) is 30.3 Å². The Morgan fingerprint density at radius 2 is 1.74 bits per heavy atom. The van der Waals surface area contributed by atoms with Gasteiger partial charge >= 0.3 is 0 Å². The molecule has 1 amide bonds. The van der Waals surface area contributed by atoms with Crippen LogP contribution in [0.4, 0.5) is 10.1 Å². The second kappa shape index (κ2) is 8.28. The van der Waals surface area contributed by atoms with Gasteiger partial charge in [0.1, 0.15) is 12.1 Å². The molecule has 4 aromatic rings. The predicted molar refractivity (Wildman–Crippen MR) is 131 cm³/mol. The number of thiol groups is 1. The molecular formula is C26H23FN4O3S. The molecule has 35 heavy (non-hydrogen) atoms. The molecule has 2 aliphatic rings. The molecule has 2 fully saturated rings. The van der Waals surface area contributed by atoms with Crippen molar-refractivity contribution in [3.8, 4) is 11.3 Å². The van der Waals surface area contributed by atoms with E-state index in [4.69, 9.17) is 0 Å². The standard InChI is InChI=1S/C26H23FN4O3S/c27-19-8-6-17(7-9-19)24-22-11-10-20(15-30(22)16-28-24)31-23(32)14-21(26(12-13-26)29-35(33)34)25(31)18-4-2-1-3-5-18/h1-11,15-16,21,25,35H,12-14H2,(H,29,33,34)/t21-,25-/m0/s1. The predicted octanol–water partition coefficient (Wildman–Crippen LogP) is 3.88. The van der Waals surface area contributed by atoms with Gasteiger partial charge < -0.3 is 9.30 Å². The lowest BCUT2D eigenvalue weighted by Crippen LogP contribution is -2.41. The summed E-state index contributed by atoms with van der Waals surface area (Å²) in [7, 11) is -2.77. The van der Waals surface area contributed by atoms with E-state index in [2.05, 4.69) is 9.71 Å². The third-order valence-electron chi connectivity index (χ3n) is 7.19. The number of amides is 1. The molecule has 2 atom stereocenters. The number of imidazole rings is 1. The summed E-state index contributed by atoms with van der Waals surface area (Å²) < 4.78 is 41.1. The van der Waals surface area contributed by atoms with Crippen LogP contribution >= 0.6 is 0 Å². The Morgan fingerprint density at radius 1 is 1.00 bits per heavy atom. The highest BCUT2D eigenvalue weighted by molar-refractivity contribution is 7.70. The normalized spacial score (nSPS) is 21.2. The Kier molecular flexibility index (Phi) is 5.19. The van der Waals surface area contributed by atoms with Crippen molar-refractivity contribution >= 4 is 28.0 Å². The van der Waals surface area contributed by atoms with Gasteiger partial charge in [-0.05, 0) is 54.8 Å². The second-order valence-electron chi connectivity index (χ2n) is 9.23. The average Bonchev–Trinajstić information content (AvgIpc) is 3.35. The molecule has 1 aliphatic carbocycles. The van der Waals surface area contributed by atoms with Crippen LogP contribution in [-0.4, -0.2) is 29.2 Å².